The molecule has 1 rings (SSSR count). The molecule has 1 aromatic rings. The van der Waals surface area contributed by atoms with Crippen molar-refractivity contribution < 1.29 is 9.53 Å². The first-order valence-electron chi connectivity index (χ1n) is 4.09. The summed E-state index contributed by atoms with van der Waals surface area (Å²) < 4.78 is 4.54. The van der Waals surface area contributed by atoms with Crippen LogP contribution in [0.1, 0.15) is 0 Å². The van der Waals surface area contributed by atoms with Crippen molar-refractivity contribution in [3.8, 4) is 0 Å². The Morgan fingerprint density at radius 3 is 2.50 bits per heavy atom. The van der Waals surface area contributed by atoms with Crippen molar-refractivity contribution in [2.24, 2.45) is 5.73 Å². The molecule has 6 nitrogen and oxygen atoms in total. The molecule has 0 aromatic carbocycles. The van der Waals surface area contributed by atoms with Crippen LogP contribution < -0.4 is 11.1 Å². The first-order valence-corrected chi connectivity index (χ1v) is 4.09. The van der Waals surface area contributed by atoms with Crippen molar-refractivity contribution in [1.82, 2.24) is 9.97 Å². The lowest BCUT2D eigenvalue weighted by molar-refractivity contribution is -0.141. The van der Waals surface area contributed by atoms with Gasteiger partial charge in [-0.15, -0.1) is 24.8 Å². The van der Waals surface area contributed by atoms with Crippen molar-refractivity contribution in [2.45, 2.75) is 6.04 Å². The second-order valence-electron chi connectivity index (χ2n) is 2.53. The summed E-state index contributed by atoms with van der Waals surface area (Å²) in [5.74, 6) is -0.0756. The zero-order valence-electron chi connectivity index (χ0n) is 8.62. The van der Waals surface area contributed by atoms with E-state index in [1.165, 1.54) is 7.11 Å². The summed E-state index contributed by atoms with van der Waals surface area (Å²) in [6.45, 7) is 0.130. The SMILES string of the molecule is COC(=O)C(CN)Nc1ncccn1.Cl.Cl. The molecule has 0 amide bonds. The van der Waals surface area contributed by atoms with Crippen LogP contribution in [-0.4, -0.2) is 35.6 Å². The van der Waals surface area contributed by atoms with Crippen LogP contribution in [0.2, 0.25) is 0 Å². The van der Waals surface area contributed by atoms with Crippen LogP contribution in [-0.2, 0) is 9.53 Å². The van der Waals surface area contributed by atoms with Gasteiger partial charge in [0.05, 0.1) is 7.11 Å². The van der Waals surface area contributed by atoms with E-state index in [4.69, 9.17) is 5.73 Å². The molecule has 3 N–H and O–H groups in total. The third kappa shape index (κ3) is 5.11. The monoisotopic (exact) mass is 268 g/mol. The van der Waals surface area contributed by atoms with Gasteiger partial charge < -0.3 is 15.8 Å². The first-order chi connectivity index (χ1) is 6.77. The third-order valence-corrected chi connectivity index (χ3v) is 1.59. The van der Waals surface area contributed by atoms with Gasteiger partial charge in [-0.1, -0.05) is 0 Å². The number of carbonyl (C=O) groups is 1. The zero-order chi connectivity index (χ0) is 10.4. The highest BCUT2D eigenvalue weighted by atomic mass is 35.5. The number of halogens is 2. The van der Waals surface area contributed by atoms with Gasteiger partial charge in [-0.3, -0.25) is 0 Å². The Hall–Kier alpha value is -1.11. The fraction of sp³-hybridized carbons (Fsp3) is 0.375. The molecule has 0 fully saturated rings. The summed E-state index contributed by atoms with van der Waals surface area (Å²) in [6.07, 6.45) is 3.14. The fourth-order valence-electron chi connectivity index (χ4n) is 0.886. The van der Waals surface area contributed by atoms with Gasteiger partial charge in [-0.2, -0.15) is 0 Å². The Labute approximate surface area is 106 Å². The number of nitrogens with zero attached hydrogens (tertiary/aromatic N) is 2. The van der Waals surface area contributed by atoms with Crippen LogP contribution in [0.3, 0.4) is 0 Å². The van der Waals surface area contributed by atoms with Crippen LogP contribution in [0, 0.1) is 0 Å². The zero-order valence-corrected chi connectivity index (χ0v) is 10.3. The predicted octanol–water partition coefficient (Wildman–Crippen LogP) is 0.232. The molecule has 0 saturated carbocycles. The van der Waals surface area contributed by atoms with Crippen molar-refractivity contribution in [3.05, 3.63) is 18.5 Å². The standard InChI is InChI=1S/C8H12N4O2.2ClH/c1-14-7(13)6(5-9)12-8-10-3-2-4-11-8;;/h2-4,6H,5,9H2,1H3,(H,10,11,12);2*1H. The van der Waals surface area contributed by atoms with E-state index >= 15 is 0 Å². The highest BCUT2D eigenvalue weighted by Gasteiger charge is 2.17. The lowest BCUT2D eigenvalue weighted by Crippen LogP contribution is -2.38. The van der Waals surface area contributed by atoms with Gasteiger partial charge in [-0.25, -0.2) is 14.8 Å². The maximum atomic E-state index is 11.1. The molecule has 1 atom stereocenters. The van der Waals surface area contributed by atoms with Crippen LogP contribution in [0.25, 0.3) is 0 Å². The van der Waals surface area contributed by atoms with Gasteiger partial charge in [-0.05, 0) is 6.07 Å². The van der Waals surface area contributed by atoms with E-state index in [2.05, 4.69) is 20.0 Å². The van der Waals surface area contributed by atoms with Gasteiger partial charge in [0.1, 0.15) is 6.04 Å². The molecule has 8 heteroatoms. The quantitative estimate of drug-likeness (QED) is 0.760. The highest BCUT2D eigenvalue weighted by Crippen LogP contribution is 1.98. The highest BCUT2D eigenvalue weighted by molar-refractivity contribution is 5.85. The summed E-state index contributed by atoms with van der Waals surface area (Å²) in [5.41, 5.74) is 5.38. The van der Waals surface area contributed by atoms with Crippen LogP contribution in [0.5, 0.6) is 0 Å². The molecule has 92 valence electrons. The Kier molecular flexibility index (Phi) is 9.88. The van der Waals surface area contributed by atoms with Gasteiger partial charge in [0.25, 0.3) is 0 Å². The van der Waals surface area contributed by atoms with Gasteiger partial charge in [0.15, 0.2) is 0 Å². The van der Waals surface area contributed by atoms with Crippen LogP contribution >= 0.6 is 24.8 Å². The smallest absolute Gasteiger partial charge is 0.329 e. The summed E-state index contributed by atoms with van der Waals surface area (Å²) in [4.78, 5) is 18.9. The molecule has 0 radical (unpaired) electrons. The minimum absolute atomic E-state index is 0. The fourth-order valence-corrected chi connectivity index (χ4v) is 0.886. The summed E-state index contributed by atoms with van der Waals surface area (Å²) in [5, 5.41) is 2.76. The average molecular weight is 269 g/mol. The molecular weight excluding hydrogens is 255 g/mol. The number of carbonyl (C=O) groups excluding carboxylic acids is 1. The Bertz CT molecular complexity index is 299. The number of methoxy groups -OCH3 is 1. The molecule has 1 aromatic heterocycles. The normalized spacial score (nSPS) is 10.4. The van der Waals surface area contributed by atoms with E-state index < -0.39 is 12.0 Å². The van der Waals surface area contributed by atoms with Crippen molar-refractivity contribution in [1.29, 1.82) is 0 Å². The number of anilines is 1. The van der Waals surface area contributed by atoms with E-state index in [1.807, 2.05) is 0 Å². The van der Waals surface area contributed by atoms with E-state index in [-0.39, 0.29) is 31.4 Å². The van der Waals surface area contributed by atoms with Gasteiger partial charge >= 0.3 is 5.97 Å². The summed E-state index contributed by atoms with van der Waals surface area (Å²) >= 11 is 0. The predicted molar refractivity (Wildman–Crippen MR) is 65.0 cm³/mol. The van der Waals surface area contributed by atoms with Crippen molar-refractivity contribution in [3.63, 3.8) is 0 Å². The lowest BCUT2D eigenvalue weighted by Gasteiger charge is -2.13. The van der Waals surface area contributed by atoms with Crippen molar-refractivity contribution in [2.75, 3.05) is 19.0 Å². The molecule has 0 bridgehead atoms. The van der Waals surface area contributed by atoms with E-state index in [0.717, 1.165) is 0 Å². The number of ether oxygens (including phenoxy) is 1. The Morgan fingerprint density at radius 1 is 1.50 bits per heavy atom. The number of nitrogens with two attached hydrogens (primary N) is 1. The summed E-state index contributed by atoms with van der Waals surface area (Å²) in [7, 11) is 1.30. The Morgan fingerprint density at radius 2 is 2.06 bits per heavy atom. The molecular formula is C8H14Cl2N4O2. The molecule has 0 aliphatic heterocycles. The van der Waals surface area contributed by atoms with Crippen molar-refractivity contribution >= 4 is 36.7 Å². The largest absolute Gasteiger partial charge is 0.467 e. The molecule has 1 unspecified atom stereocenters. The number of esters is 1. The molecule has 16 heavy (non-hydrogen) atoms. The number of nitrogens with one attached hydrogen (secondary N) is 1. The second kappa shape index (κ2) is 9.14. The molecule has 0 aliphatic carbocycles. The van der Waals surface area contributed by atoms with Crippen LogP contribution in [0.15, 0.2) is 18.5 Å². The minimum atomic E-state index is -0.609. The Balaban J connectivity index is 0. The topological polar surface area (TPSA) is 90.1 Å². The molecule has 0 aliphatic rings. The first kappa shape index (κ1) is 17.3. The third-order valence-electron chi connectivity index (χ3n) is 1.59. The number of hydrogen-bond donors (Lipinski definition) is 2. The molecule has 0 saturated heterocycles. The maximum absolute atomic E-state index is 11.1. The minimum Gasteiger partial charge on any atom is -0.467 e. The number of hydrogen-bond acceptors (Lipinski definition) is 6. The van der Waals surface area contributed by atoms with Gasteiger partial charge in [0, 0.05) is 18.9 Å². The van der Waals surface area contributed by atoms with E-state index in [1.54, 1.807) is 18.5 Å². The maximum Gasteiger partial charge on any atom is 0.329 e. The number of aromatic nitrogens is 2. The average Bonchev–Trinajstić information content (AvgIpc) is 2.26. The molecule has 1 heterocycles. The summed E-state index contributed by atoms with van der Waals surface area (Å²) in [6, 6.07) is 1.07. The van der Waals surface area contributed by atoms with Gasteiger partial charge in [0.2, 0.25) is 5.95 Å². The molecule has 0 spiro atoms. The number of rotatable bonds is 4. The second-order valence-corrected chi connectivity index (χ2v) is 2.53. The lowest BCUT2D eigenvalue weighted by atomic mass is 10.3. The van der Waals surface area contributed by atoms with Crippen LogP contribution in [0.4, 0.5) is 5.95 Å². The van der Waals surface area contributed by atoms with E-state index in [0.29, 0.717) is 5.95 Å². The van der Waals surface area contributed by atoms with E-state index in [9.17, 15) is 4.79 Å².